The molecule has 0 aliphatic rings. The molecular weight excluding hydrogens is 352 g/mol. The summed E-state index contributed by atoms with van der Waals surface area (Å²) in [4.78, 5) is 20.8. The first-order valence-corrected chi connectivity index (χ1v) is 9.12. The van der Waals surface area contributed by atoms with Gasteiger partial charge < -0.3 is 15.4 Å². The molecule has 0 aliphatic carbocycles. The number of methoxy groups -OCH3 is 1. The van der Waals surface area contributed by atoms with Crippen LogP contribution >= 0.6 is 0 Å². The van der Waals surface area contributed by atoms with Crippen molar-refractivity contribution in [3.8, 4) is 5.75 Å². The van der Waals surface area contributed by atoms with Gasteiger partial charge in [0.05, 0.1) is 12.7 Å². The molecule has 28 heavy (non-hydrogen) atoms. The fraction of sp³-hybridized carbons (Fsp3) is 0.227. The number of carbonyl (C=O) groups excluding carboxylic acids is 1. The van der Waals surface area contributed by atoms with E-state index in [0.717, 1.165) is 34.5 Å². The number of carbonyl (C=O) groups is 1. The van der Waals surface area contributed by atoms with Gasteiger partial charge in [-0.1, -0.05) is 24.3 Å². The van der Waals surface area contributed by atoms with E-state index < -0.39 is 0 Å². The van der Waals surface area contributed by atoms with Crippen LogP contribution in [0.4, 0.5) is 11.6 Å². The van der Waals surface area contributed by atoms with E-state index in [4.69, 9.17) is 4.74 Å². The standard InChI is InChI=1S/C22H24N4O2/c1-15-4-5-16(2)20(12-15)26-22-24-13-18(14-25-22)21(27)23-11-10-17-6-8-19(28-3)9-7-17/h4-9,12-14H,10-11H2,1-3H3,(H,23,27)(H,24,25,26). The van der Waals surface area contributed by atoms with Crippen LogP contribution in [0.2, 0.25) is 0 Å². The van der Waals surface area contributed by atoms with Crippen LogP contribution in [-0.2, 0) is 6.42 Å². The minimum atomic E-state index is -0.188. The van der Waals surface area contributed by atoms with Gasteiger partial charge in [0, 0.05) is 24.6 Å². The molecule has 0 aliphatic heterocycles. The molecule has 0 fully saturated rings. The summed E-state index contributed by atoms with van der Waals surface area (Å²) in [6.45, 7) is 4.59. The lowest BCUT2D eigenvalue weighted by Gasteiger charge is -2.09. The van der Waals surface area contributed by atoms with E-state index in [9.17, 15) is 4.79 Å². The highest BCUT2D eigenvalue weighted by Gasteiger charge is 2.08. The number of hydrogen-bond donors (Lipinski definition) is 2. The van der Waals surface area contributed by atoms with E-state index in [2.05, 4.69) is 26.7 Å². The van der Waals surface area contributed by atoms with Gasteiger partial charge in [0.15, 0.2) is 0 Å². The van der Waals surface area contributed by atoms with Crippen molar-refractivity contribution in [2.45, 2.75) is 20.3 Å². The SMILES string of the molecule is COc1ccc(CCNC(=O)c2cnc(Nc3cc(C)ccc3C)nc2)cc1. The summed E-state index contributed by atoms with van der Waals surface area (Å²) in [5.74, 6) is 1.09. The molecule has 2 aromatic carbocycles. The molecule has 1 heterocycles. The van der Waals surface area contributed by atoms with Gasteiger partial charge >= 0.3 is 0 Å². The average molecular weight is 376 g/mol. The van der Waals surface area contributed by atoms with Crippen LogP contribution in [0, 0.1) is 13.8 Å². The third-order valence-electron chi connectivity index (χ3n) is 4.41. The molecule has 0 bridgehead atoms. The van der Waals surface area contributed by atoms with E-state index in [-0.39, 0.29) is 5.91 Å². The smallest absolute Gasteiger partial charge is 0.254 e. The second kappa shape index (κ2) is 8.99. The summed E-state index contributed by atoms with van der Waals surface area (Å²) in [6, 6.07) is 13.9. The van der Waals surface area contributed by atoms with Crippen molar-refractivity contribution >= 4 is 17.5 Å². The first-order valence-electron chi connectivity index (χ1n) is 9.12. The van der Waals surface area contributed by atoms with E-state index >= 15 is 0 Å². The highest BCUT2D eigenvalue weighted by atomic mass is 16.5. The highest BCUT2D eigenvalue weighted by Crippen LogP contribution is 2.19. The number of anilines is 2. The fourth-order valence-electron chi connectivity index (χ4n) is 2.72. The number of aromatic nitrogens is 2. The van der Waals surface area contributed by atoms with Crippen molar-refractivity contribution in [3.05, 3.63) is 77.1 Å². The molecule has 0 spiro atoms. The van der Waals surface area contributed by atoms with Crippen LogP contribution in [0.25, 0.3) is 0 Å². The molecule has 0 saturated heterocycles. The minimum absolute atomic E-state index is 0.188. The molecule has 0 radical (unpaired) electrons. The molecule has 6 heteroatoms. The molecule has 144 valence electrons. The Bertz CT molecular complexity index is 938. The Morgan fingerprint density at radius 1 is 1.04 bits per heavy atom. The number of amides is 1. The van der Waals surface area contributed by atoms with Crippen LogP contribution in [0.15, 0.2) is 54.9 Å². The number of hydrogen-bond acceptors (Lipinski definition) is 5. The zero-order chi connectivity index (χ0) is 19.9. The van der Waals surface area contributed by atoms with Gasteiger partial charge in [0.1, 0.15) is 5.75 Å². The Labute approximate surface area is 165 Å². The summed E-state index contributed by atoms with van der Waals surface area (Å²) in [6.07, 6.45) is 3.80. The average Bonchev–Trinajstić information content (AvgIpc) is 2.71. The van der Waals surface area contributed by atoms with Gasteiger partial charge in [-0.25, -0.2) is 9.97 Å². The van der Waals surface area contributed by atoms with Gasteiger partial charge in [0.25, 0.3) is 5.91 Å². The summed E-state index contributed by atoms with van der Waals surface area (Å²) in [5, 5.41) is 6.08. The maximum Gasteiger partial charge on any atom is 0.254 e. The largest absolute Gasteiger partial charge is 0.497 e. The lowest BCUT2D eigenvalue weighted by atomic mass is 10.1. The minimum Gasteiger partial charge on any atom is -0.497 e. The second-order valence-corrected chi connectivity index (χ2v) is 6.59. The van der Waals surface area contributed by atoms with Crippen molar-refractivity contribution in [1.82, 2.24) is 15.3 Å². The van der Waals surface area contributed by atoms with E-state index in [1.54, 1.807) is 7.11 Å². The number of benzene rings is 2. The molecule has 1 aromatic heterocycles. The van der Waals surface area contributed by atoms with Crippen molar-refractivity contribution in [3.63, 3.8) is 0 Å². The van der Waals surface area contributed by atoms with Crippen LogP contribution in [0.5, 0.6) is 5.75 Å². The van der Waals surface area contributed by atoms with Crippen LogP contribution in [0.3, 0.4) is 0 Å². The van der Waals surface area contributed by atoms with Gasteiger partial charge in [-0.05, 0) is 55.2 Å². The Hall–Kier alpha value is -3.41. The Morgan fingerprint density at radius 2 is 1.75 bits per heavy atom. The molecule has 1 amide bonds. The molecular formula is C22H24N4O2. The van der Waals surface area contributed by atoms with Crippen molar-refractivity contribution in [2.24, 2.45) is 0 Å². The second-order valence-electron chi connectivity index (χ2n) is 6.59. The number of nitrogens with zero attached hydrogens (tertiary/aromatic N) is 2. The molecule has 0 atom stereocenters. The Kier molecular flexibility index (Phi) is 6.22. The van der Waals surface area contributed by atoms with Crippen molar-refractivity contribution in [2.75, 3.05) is 19.0 Å². The van der Waals surface area contributed by atoms with Gasteiger partial charge in [0.2, 0.25) is 5.95 Å². The third-order valence-corrected chi connectivity index (χ3v) is 4.41. The van der Waals surface area contributed by atoms with E-state index in [1.807, 2.05) is 50.2 Å². The quantitative estimate of drug-likeness (QED) is 0.656. The fourth-order valence-corrected chi connectivity index (χ4v) is 2.72. The Morgan fingerprint density at radius 3 is 2.43 bits per heavy atom. The monoisotopic (exact) mass is 376 g/mol. The predicted molar refractivity (Wildman–Crippen MR) is 110 cm³/mol. The van der Waals surface area contributed by atoms with Crippen molar-refractivity contribution in [1.29, 1.82) is 0 Å². The van der Waals surface area contributed by atoms with Crippen molar-refractivity contribution < 1.29 is 9.53 Å². The topological polar surface area (TPSA) is 76.1 Å². The first-order chi connectivity index (χ1) is 13.5. The zero-order valence-electron chi connectivity index (χ0n) is 16.3. The van der Waals surface area contributed by atoms with Crippen LogP contribution in [-0.4, -0.2) is 29.5 Å². The van der Waals surface area contributed by atoms with Gasteiger partial charge in [-0.15, -0.1) is 0 Å². The van der Waals surface area contributed by atoms with E-state index in [1.165, 1.54) is 12.4 Å². The Balaban J connectivity index is 1.53. The first kappa shape index (κ1) is 19.4. The summed E-state index contributed by atoms with van der Waals surface area (Å²) < 4.78 is 5.14. The van der Waals surface area contributed by atoms with E-state index in [0.29, 0.717) is 18.1 Å². The lowest BCUT2D eigenvalue weighted by Crippen LogP contribution is -2.26. The summed E-state index contributed by atoms with van der Waals surface area (Å²) >= 11 is 0. The number of ether oxygens (including phenoxy) is 1. The molecule has 0 saturated carbocycles. The molecule has 3 rings (SSSR count). The summed E-state index contributed by atoms with van der Waals surface area (Å²) in [7, 11) is 1.64. The maximum absolute atomic E-state index is 12.3. The van der Waals surface area contributed by atoms with Gasteiger partial charge in [-0.3, -0.25) is 4.79 Å². The number of aryl methyl sites for hydroxylation is 2. The molecule has 6 nitrogen and oxygen atoms in total. The predicted octanol–water partition coefficient (Wildman–Crippen LogP) is 3.82. The normalized spacial score (nSPS) is 10.4. The molecule has 2 N–H and O–H groups in total. The molecule has 3 aromatic rings. The van der Waals surface area contributed by atoms with Crippen LogP contribution < -0.4 is 15.4 Å². The maximum atomic E-state index is 12.3. The number of rotatable bonds is 7. The zero-order valence-corrected chi connectivity index (χ0v) is 16.3. The van der Waals surface area contributed by atoms with Crippen LogP contribution in [0.1, 0.15) is 27.0 Å². The summed E-state index contributed by atoms with van der Waals surface area (Å²) in [5.41, 5.74) is 4.78. The third kappa shape index (κ3) is 5.07. The van der Waals surface area contributed by atoms with Gasteiger partial charge in [-0.2, -0.15) is 0 Å². The molecule has 0 unspecified atom stereocenters. The number of nitrogens with one attached hydrogen (secondary N) is 2. The lowest BCUT2D eigenvalue weighted by molar-refractivity contribution is 0.0953. The highest BCUT2D eigenvalue weighted by molar-refractivity contribution is 5.93.